The maximum atomic E-state index is 12.9. The third kappa shape index (κ3) is 2.92. The van der Waals surface area contributed by atoms with Gasteiger partial charge in [0.15, 0.2) is 0 Å². The van der Waals surface area contributed by atoms with Gasteiger partial charge in [0.2, 0.25) is 0 Å². The van der Waals surface area contributed by atoms with Crippen LogP contribution in [0.15, 0.2) is 52.7 Å². The molecule has 3 N–H and O–H groups in total. The standard InChI is InChI=1S/C15H12F3N3O2/c16-15(17,18)14(20-21-14)10-3-1-9(2-4-10)8-19-11-5-12(22)7-13(23)6-11/h1-7,19,22-23H,8H2. The Labute approximate surface area is 129 Å². The Kier molecular flexibility index (Phi) is 3.39. The maximum Gasteiger partial charge on any atom is 0.442 e. The van der Waals surface area contributed by atoms with Crippen molar-refractivity contribution in [3.05, 3.63) is 53.6 Å². The molecule has 3 rings (SSSR count). The van der Waals surface area contributed by atoms with Crippen molar-refractivity contribution in [2.24, 2.45) is 10.2 Å². The highest BCUT2D eigenvalue weighted by molar-refractivity contribution is 5.53. The summed E-state index contributed by atoms with van der Waals surface area (Å²) in [7, 11) is 0. The molecule has 120 valence electrons. The van der Waals surface area contributed by atoms with Gasteiger partial charge in [-0.3, -0.25) is 0 Å². The minimum absolute atomic E-state index is 0.0243. The summed E-state index contributed by atoms with van der Waals surface area (Å²) in [6.07, 6.45) is -4.54. The van der Waals surface area contributed by atoms with Gasteiger partial charge in [0.1, 0.15) is 11.5 Å². The number of alkyl halides is 3. The molecule has 2 aromatic rings. The molecule has 0 aromatic heterocycles. The van der Waals surface area contributed by atoms with E-state index in [1.807, 2.05) is 0 Å². The minimum atomic E-state index is -4.54. The van der Waals surface area contributed by atoms with E-state index < -0.39 is 11.8 Å². The number of phenols is 2. The fraction of sp³-hybridized carbons (Fsp3) is 0.200. The molecule has 0 amide bonds. The first-order valence-corrected chi connectivity index (χ1v) is 6.67. The lowest BCUT2D eigenvalue weighted by Crippen LogP contribution is -2.30. The fourth-order valence-electron chi connectivity index (χ4n) is 2.20. The van der Waals surface area contributed by atoms with E-state index in [9.17, 15) is 23.4 Å². The summed E-state index contributed by atoms with van der Waals surface area (Å²) in [6, 6.07) is 9.81. The smallest absolute Gasteiger partial charge is 0.442 e. The number of halogens is 3. The summed E-state index contributed by atoms with van der Waals surface area (Å²) in [5.74, 6) is -0.182. The van der Waals surface area contributed by atoms with E-state index >= 15 is 0 Å². The second-order valence-electron chi connectivity index (χ2n) is 5.16. The first-order chi connectivity index (χ1) is 10.8. The number of phenolic OH excluding ortho intramolecular Hbond substituents is 2. The van der Waals surface area contributed by atoms with Crippen LogP contribution in [0.3, 0.4) is 0 Å². The third-order valence-electron chi connectivity index (χ3n) is 3.45. The molecule has 2 aromatic carbocycles. The lowest BCUT2D eigenvalue weighted by molar-refractivity contribution is -0.166. The summed E-state index contributed by atoms with van der Waals surface area (Å²) in [5, 5.41) is 28.0. The summed E-state index contributed by atoms with van der Waals surface area (Å²) in [6.45, 7) is 0.316. The van der Waals surface area contributed by atoms with Crippen molar-refractivity contribution in [1.82, 2.24) is 0 Å². The van der Waals surface area contributed by atoms with Gasteiger partial charge in [-0.05, 0) is 5.56 Å². The normalized spacial score (nSPS) is 15.4. The molecule has 0 spiro atoms. The third-order valence-corrected chi connectivity index (χ3v) is 3.45. The predicted molar refractivity (Wildman–Crippen MR) is 76.1 cm³/mol. The number of nitrogens with one attached hydrogen (secondary N) is 1. The van der Waals surface area contributed by atoms with Crippen molar-refractivity contribution in [3.8, 4) is 11.5 Å². The van der Waals surface area contributed by atoms with Crippen LogP contribution in [0.25, 0.3) is 0 Å². The minimum Gasteiger partial charge on any atom is -0.508 e. The highest BCUT2D eigenvalue weighted by Crippen LogP contribution is 2.52. The molecule has 5 nitrogen and oxygen atoms in total. The van der Waals surface area contributed by atoms with Crippen LogP contribution in [-0.4, -0.2) is 16.4 Å². The molecule has 0 aliphatic carbocycles. The Morgan fingerprint density at radius 3 is 2.00 bits per heavy atom. The second kappa shape index (κ2) is 5.15. The number of hydrogen-bond acceptors (Lipinski definition) is 5. The Morgan fingerprint density at radius 2 is 1.52 bits per heavy atom. The van der Waals surface area contributed by atoms with Gasteiger partial charge in [-0.2, -0.15) is 13.2 Å². The van der Waals surface area contributed by atoms with Crippen molar-refractivity contribution in [3.63, 3.8) is 0 Å². The zero-order valence-electron chi connectivity index (χ0n) is 11.7. The molecular weight excluding hydrogens is 311 g/mol. The van der Waals surface area contributed by atoms with Gasteiger partial charge in [-0.1, -0.05) is 24.3 Å². The summed E-state index contributed by atoms with van der Waals surface area (Å²) in [5.41, 5.74) is -1.21. The van der Waals surface area contributed by atoms with E-state index in [0.717, 1.165) is 5.56 Å². The Hall–Kier alpha value is -2.77. The average Bonchev–Trinajstić information content (AvgIpc) is 3.26. The quantitative estimate of drug-likeness (QED) is 0.799. The van der Waals surface area contributed by atoms with Gasteiger partial charge in [0, 0.05) is 36.0 Å². The Bertz CT molecular complexity index is 731. The molecule has 1 aliphatic heterocycles. The van der Waals surface area contributed by atoms with Gasteiger partial charge in [0.05, 0.1) is 0 Å². The number of rotatable bonds is 4. The maximum absolute atomic E-state index is 12.9. The fourth-order valence-corrected chi connectivity index (χ4v) is 2.20. The summed E-state index contributed by atoms with van der Waals surface area (Å²) < 4.78 is 38.6. The van der Waals surface area contributed by atoms with Gasteiger partial charge in [0.25, 0.3) is 0 Å². The lowest BCUT2D eigenvalue weighted by Gasteiger charge is -2.15. The molecule has 0 saturated heterocycles. The molecule has 0 bridgehead atoms. The van der Waals surface area contributed by atoms with Crippen molar-refractivity contribution in [2.45, 2.75) is 18.4 Å². The molecule has 0 radical (unpaired) electrons. The van der Waals surface area contributed by atoms with Crippen LogP contribution in [0.2, 0.25) is 0 Å². The zero-order chi connectivity index (χ0) is 16.7. The van der Waals surface area contributed by atoms with Gasteiger partial charge in [-0.15, -0.1) is 10.2 Å². The van der Waals surface area contributed by atoms with Crippen molar-refractivity contribution in [1.29, 1.82) is 0 Å². The van der Waals surface area contributed by atoms with Crippen LogP contribution in [0.4, 0.5) is 18.9 Å². The molecule has 23 heavy (non-hydrogen) atoms. The van der Waals surface area contributed by atoms with Crippen LogP contribution in [0.5, 0.6) is 11.5 Å². The average molecular weight is 323 g/mol. The molecular formula is C15H12F3N3O2. The largest absolute Gasteiger partial charge is 0.508 e. The second-order valence-corrected chi connectivity index (χ2v) is 5.16. The Morgan fingerprint density at radius 1 is 0.957 bits per heavy atom. The van der Waals surface area contributed by atoms with E-state index in [1.165, 1.54) is 30.3 Å². The van der Waals surface area contributed by atoms with Crippen molar-refractivity contribution >= 4 is 5.69 Å². The van der Waals surface area contributed by atoms with E-state index in [4.69, 9.17) is 0 Å². The molecule has 0 fully saturated rings. The van der Waals surface area contributed by atoms with Gasteiger partial charge < -0.3 is 15.5 Å². The van der Waals surface area contributed by atoms with Crippen LogP contribution in [0, 0.1) is 0 Å². The Balaban J connectivity index is 1.69. The van der Waals surface area contributed by atoms with Crippen LogP contribution >= 0.6 is 0 Å². The summed E-state index contributed by atoms with van der Waals surface area (Å²) in [4.78, 5) is 0. The van der Waals surface area contributed by atoms with Crippen LogP contribution in [-0.2, 0) is 12.2 Å². The SMILES string of the molecule is Oc1cc(O)cc(NCc2ccc(C3(C(F)(F)F)N=N3)cc2)c1. The van der Waals surface area contributed by atoms with Gasteiger partial charge in [-0.25, -0.2) is 0 Å². The number of aromatic hydroxyl groups is 2. The molecule has 8 heteroatoms. The molecule has 0 unspecified atom stereocenters. The molecule has 0 atom stereocenters. The van der Waals surface area contributed by atoms with Gasteiger partial charge >= 0.3 is 11.8 Å². The summed E-state index contributed by atoms with van der Waals surface area (Å²) >= 11 is 0. The first-order valence-electron chi connectivity index (χ1n) is 6.67. The van der Waals surface area contributed by atoms with E-state index in [2.05, 4.69) is 15.5 Å². The highest BCUT2D eigenvalue weighted by Gasteiger charge is 2.65. The monoisotopic (exact) mass is 323 g/mol. The lowest BCUT2D eigenvalue weighted by atomic mass is 10.0. The number of benzene rings is 2. The van der Waals surface area contributed by atoms with Crippen molar-refractivity contribution in [2.75, 3.05) is 5.32 Å². The number of anilines is 1. The molecule has 1 heterocycles. The van der Waals surface area contributed by atoms with E-state index in [0.29, 0.717) is 12.2 Å². The van der Waals surface area contributed by atoms with E-state index in [-0.39, 0.29) is 17.1 Å². The van der Waals surface area contributed by atoms with Crippen LogP contribution in [0.1, 0.15) is 11.1 Å². The molecule has 1 aliphatic rings. The number of nitrogens with zero attached hydrogens (tertiary/aromatic N) is 2. The zero-order valence-corrected chi connectivity index (χ0v) is 11.7. The van der Waals surface area contributed by atoms with E-state index in [1.54, 1.807) is 12.1 Å². The molecule has 0 saturated carbocycles. The van der Waals surface area contributed by atoms with Crippen LogP contribution < -0.4 is 5.32 Å². The topological polar surface area (TPSA) is 77.2 Å². The highest BCUT2D eigenvalue weighted by atomic mass is 19.4. The van der Waals surface area contributed by atoms with Crippen molar-refractivity contribution < 1.29 is 23.4 Å². The predicted octanol–water partition coefficient (Wildman–Crippen LogP) is 3.89. The number of hydrogen-bond donors (Lipinski definition) is 3. The first kappa shape index (κ1) is 15.1.